The molecule has 0 saturated carbocycles. The average Bonchev–Trinajstić information content (AvgIpc) is 3.25. The van der Waals surface area contributed by atoms with E-state index >= 15 is 0 Å². The SMILES string of the molecule is CCOc1ccccc1/C=C/C(=O)OCc1nnc(-c2cc(C)oc2C)o1. The summed E-state index contributed by atoms with van der Waals surface area (Å²) in [6.07, 6.45) is 2.98. The maximum absolute atomic E-state index is 11.9. The van der Waals surface area contributed by atoms with Gasteiger partial charge < -0.3 is 18.3 Å². The van der Waals surface area contributed by atoms with Crippen molar-refractivity contribution in [1.29, 1.82) is 0 Å². The van der Waals surface area contributed by atoms with Crippen LogP contribution in [0.3, 0.4) is 0 Å². The zero-order chi connectivity index (χ0) is 19.2. The molecule has 2 heterocycles. The zero-order valence-corrected chi connectivity index (χ0v) is 15.4. The Bertz CT molecular complexity index is 955. The first kappa shape index (κ1) is 18.4. The van der Waals surface area contributed by atoms with Gasteiger partial charge in [0.15, 0.2) is 6.61 Å². The van der Waals surface area contributed by atoms with Crippen LogP contribution in [0.25, 0.3) is 17.5 Å². The van der Waals surface area contributed by atoms with E-state index in [1.165, 1.54) is 6.08 Å². The number of hydrogen-bond donors (Lipinski definition) is 0. The molecule has 0 aliphatic heterocycles. The highest BCUT2D eigenvalue weighted by atomic mass is 16.5. The Balaban J connectivity index is 1.59. The first-order valence-electron chi connectivity index (χ1n) is 8.53. The van der Waals surface area contributed by atoms with Gasteiger partial charge in [-0.25, -0.2) is 4.79 Å². The minimum absolute atomic E-state index is 0.112. The highest BCUT2D eigenvalue weighted by Crippen LogP contribution is 2.25. The number of carbonyl (C=O) groups excluding carboxylic acids is 1. The molecule has 0 N–H and O–H groups in total. The minimum atomic E-state index is -0.517. The second-order valence-corrected chi connectivity index (χ2v) is 5.74. The number of aryl methyl sites for hydroxylation is 2. The number of hydrogen-bond acceptors (Lipinski definition) is 7. The molecule has 7 heteroatoms. The number of benzene rings is 1. The van der Waals surface area contributed by atoms with Crippen LogP contribution in [0.2, 0.25) is 0 Å². The summed E-state index contributed by atoms with van der Waals surface area (Å²) < 4.78 is 21.6. The molecule has 0 radical (unpaired) electrons. The minimum Gasteiger partial charge on any atom is -0.493 e. The van der Waals surface area contributed by atoms with Crippen molar-refractivity contribution in [1.82, 2.24) is 10.2 Å². The molecule has 0 spiro atoms. The fourth-order valence-electron chi connectivity index (χ4n) is 2.51. The molecule has 0 bridgehead atoms. The number of carbonyl (C=O) groups is 1. The largest absolute Gasteiger partial charge is 0.493 e. The Labute approximate surface area is 156 Å². The Morgan fingerprint density at radius 2 is 2.00 bits per heavy atom. The average molecular weight is 368 g/mol. The van der Waals surface area contributed by atoms with Crippen LogP contribution in [0.1, 0.15) is 29.9 Å². The molecular formula is C20H20N2O5. The van der Waals surface area contributed by atoms with Crippen molar-refractivity contribution in [2.24, 2.45) is 0 Å². The van der Waals surface area contributed by atoms with Crippen LogP contribution in [-0.4, -0.2) is 22.8 Å². The van der Waals surface area contributed by atoms with Crippen molar-refractivity contribution in [3.05, 3.63) is 59.4 Å². The summed E-state index contributed by atoms with van der Waals surface area (Å²) in [4.78, 5) is 11.9. The van der Waals surface area contributed by atoms with Crippen LogP contribution in [0.4, 0.5) is 0 Å². The molecule has 0 fully saturated rings. The summed E-state index contributed by atoms with van der Waals surface area (Å²) in [6.45, 7) is 5.99. The molecule has 1 aromatic carbocycles. The summed E-state index contributed by atoms with van der Waals surface area (Å²) >= 11 is 0. The molecule has 0 unspecified atom stereocenters. The standard InChI is InChI=1S/C20H20N2O5/c1-4-24-17-8-6-5-7-15(17)9-10-19(23)25-12-18-21-22-20(27-18)16-11-13(2)26-14(16)3/h5-11H,4,12H2,1-3H3/b10-9+. The van der Waals surface area contributed by atoms with Crippen LogP contribution in [0.15, 0.2) is 45.2 Å². The summed E-state index contributed by atoms with van der Waals surface area (Å²) in [7, 11) is 0. The number of ether oxygens (including phenoxy) is 2. The molecule has 0 aliphatic rings. The zero-order valence-electron chi connectivity index (χ0n) is 15.4. The van der Waals surface area contributed by atoms with Crippen molar-refractivity contribution in [3.8, 4) is 17.2 Å². The van der Waals surface area contributed by atoms with Gasteiger partial charge in [0.05, 0.1) is 12.2 Å². The number of rotatable bonds is 7. The van der Waals surface area contributed by atoms with Gasteiger partial charge in [0.1, 0.15) is 17.3 Å². The Morgan fingerprint density at radius 1 is 1.19 bits per heavy atom. The normalized spacial score (nSPS) is 11.1. The molecule has 3 aromatic rings. The van der Waals surface area contributed by atoms with E-state index in [9.17, 15) is 4.79 Å². The maximum atomic E-state index is 11.9. The van der Waals surface area contributed by atoms with E-state index in [1.54, 1.807) is 6.08 Å². The molecule has 0 atom stereocenters. The van der Waals surface area contributed by atoms with Gasteiger partial charge in [-0.15, -0.1) is 10.2 Å². The van der Waals surface area contributed by atoms with E-state index in [2.05, 4.69) is 10.2 Å². The maximum Gasteiger partial charge on any atom is 0.331 e. The molecular weight excluding hydrogens is 348 g/mol. The molecule has 27 heavy (non-hydrogen) atoms. The summed E-state index contributed by atoms with van der Waals surface area (Å²) in [6, 6.07) is 9.25. The lowest BCUT2D eigenvalue weighted by Crippen LogP contribution is -2.01. The molecule has 0 saturated heterocycles. The van der Waals surface area contributed by atoms with Crippen LogP contribution in [0.5, 0.6) is 5.75 Å². The number of esters is 1. The van der Waals surface area contributed by atoms with Gasteiger partial charge in [-0.3, -0.25) is 0 Å². The number of para-hydroxylation sites is 1. The number of nitrogens with zero attached hydrogens (tertiary/aromatic N) is 2. The van der Waals surface area contributed by atoms with Gasteiger partial charge >= 0.3 is 5.97 Å². The van der Waals surface area contributed by atoms with Crippen LogP contribution >= 0.6 is 0 Å². The van der Waals surface area contributed by atoms with Gasteiger partial charge in [-0.1, -0.05) is 18.2 Å². The van der Waals surface area contributed by atoms with Crippen LogP contribution < -0.4 is 4.74 Å². The first-order valence-corrected chi connectivity index (χ1v) is 8.53. The van der Waals surface area contributed by atoms with E-state index < -0.39 is 5.97 Å². The van der Waals surface area contributed by atoms with E-state index in [0.717, 1.165) is 16.9 Å². The summed E-state index contributed by atoms with van der Waals surface area (Å²) in [5.74, 6) is 2.17. The number of aromatic nitrogens is 2. The van der Waals surface area contributed by atoms with Gasteiger partial charge in [-0.2, -0.15) is 0 Å². The predicted octanol–water partition coefficient (Wildman–Crippen LogP) is 4.10. The van der Waals surface area contributed by atoms with E-state index in [4.69, 9.17) is 18.3 Å². The molecule has 3 rings (SSSR count). The predicted molar refractivity (Wildman–Crippen MR) is 97.9 cm³/mol. The first-order chi connectivity index (χ1) is 13.1. The van der Waals surface area contributed by atoms with Gasteiger partial charge in [-0.05, 0) is 39.0 Å². The number of furan rings is 1. The molecule has 2 aromatic heterocycles. The summed E-state index contributed by atoms with van der Waals surface area (Å²) in [5, 5.41) is 7.85. The Hall–Kier alpha value is -3.35. The monoisotopic (exact) mass is 368 g/mol. The fraction of sp³-hybridized carbons (Fsp3) is 0.250. The third-order valence-electron chi connectivity index (χ3n) is 3.69. The topological polar surface area (TPSA) is 87.6 Å². The van der Waals surface area contributed by atoms with E-state index in [1.807, 2.05) is 51.1 Å². The van der Waals surface area contributed by atoms with Crippen molar-refractivity contribution >= 4 is 12.0 Å². The van der Waals surface area contributed by atoms with E-state index in [-0.39, 0.29) is 12.5 Å². The highest BCUT2D eigenvalue weighted by Gasteiger charge is 2.15. The third-order valence-corrected chi connectivity index (χ3v) is 3.69. The van der Waals surface area contributed by atoms with Gasteiger partial charge in [0.2, 0.25) is 0 Å². The molecule has 140 valence electrons. The Morgan fingerprint density at radius 3 is 2.74 bits per heavy atom. The summed E-state index contributed by atoms with van der Waals surface area (Å²) in [5.41, 5.74) is 1.52. The third kappa shape index (κ3) is 4.63. The highest BCUT2D eigenvalue weighted by molar-refractivity contribution is 5.87. The van der Waals surface area contributed by atoms with Crippen LogP contribution in [0, 0.1) is 13.8 Å². The van der Waals surface area contributed by atoms with Gasteiger partial charge in [0, 0.05) is 11.6 Å². The lowest BCUT2D eigenvalue weighted by molar-refractivity contribution is -0.139. The van der Waals surface area contributed by atoms with Crippen molar-refractivity contribution in [3.63, 3.8) is 0 Å². The van der Waals surface area contributed by atoms with Crippen molar-refractivity contribution < 1.29 is 23.1 Å². The quantitative estimate of drug-likeness (QED) is 0.458. The van der Waals surface area contributed by atoms with Crippen LogP contribution in [-0.2, 0) is 16.1 Å². The molecule has 7 nitrogen and oxygen atoms in total. The lowest BCUT2D eigenvalue weighted by Gasteiger charge is -2.06. The fourth-order valence-corrected chi connectivity index (χ4v) is 2.51. The molecule has 0 aliphatic carbocycles. The van der Waals surface area contributed by atoms with Crippen molar-refractivity contribution in [2.45, 2.75) is 27.4 Å². The van der Waals surface area contributed by atoms with Gasteiger partial charge in [0.25, 0.3) is 11.8 Å². The van der Waals surface area contributed by atoms with E-state index in [0.29, 0.717) is 24.0 Å². The lowest BCUT2D eigenvalue weighted by atomic mass is 10.2. The smallest absolute Gasteiger partial charge is 0.331 e. The Kier molecular flexibility index (Phi) is 5.71. The second kappa shape index (κ2) is 8.35. The molecule has 0 amide bonds. The second-order valence-electron chi connectivity index (χ2n) is 5.74. The van der Waals surface area contributed by atoms with Crippen molar-refractivity contribution in [2.75, 3.05) is 6.61 Å².